The van der Waals surface area contributed by atoms with Crippen molar-refractivity contribution in [1.29, 1.82) is 0 Å². The van der Waals surface area contributed by atoms with E-state index < -0.39 is 12.1 Å². The fraction of sp³-hybridized carbons (Fsp3) is 0.545. The second kappa shape index (κ2) is 5.45. The smallest absolute Gasteiger partial charge is 0.350 e. The van der Waals surface area contributed by atoms with E-state index in [9.17, 15) is 9.59 Å². The summed E-state index contributed by atoms with van der Waals surface area (Å²) in [6.45, 7) is 2.31. The Morgan fingerprint density at radius 1 is 1.56 bits per heavy atom. The number of carbonyl (C=O) groups excluding carboxylic acids is 2. The fourth-order valence-electron chi connectivity index (χ4n) is 1.70. The second-order valence-electron chi connectivity index (χ2n) is 3.92. The molecule has 1 amide bonds. The first-order valence-electron chi connectivity index (χ1n) is 5.60. The molecule has 0 aromatic carbocycles. The molecule has 2 heterocycles. The monoisotopic (exact) mass is 270 g/mol. The van der Waals surface area contributed by atoms with E-state index in [0.717, 1.165) is 24.2 Å². The molecule has 6 nitrogen and oxygen atoms in total. The van der Waals surface area contributed by atoms with Crippen LogP contribution in [0.25, 0.3) is 0 Å². The number of nitrogens with zero attached hydrogens (tertiary/aromatic N) is 1. The molecule has 1 fully saturated rings. The van der Waals surface area contributed by atoms with Gasteiger partial charge in [-0.2, -0.15) is 0 Å². The van der Waals surface area contributed by atoms with Gasteiger partial charge in [-0.1, -0.05) is 11.3 Å². The Labute approximate surface area is 108 Å². The highest BCUT2D eigenvalue weighted by molar-refractivity contribution is 7.17. The van der Waals surface area contributed by atoms with E-state index >= 15 is 0 Å². The number of hydrogen-bond donors (Lipinski definition) is 1. The van der Waals surface area contributed by atoms with E-state index in [2.05, 4.69) is 15.0 Å². The van der Waals surface area contributed by atoms with Crippen LogP contribution >= 0.6 is 11.3 Å². The molecule has 0 aliphatic carbocycles. The van der Waals surface area contributed by atoms with Gasteiger partial charge in [0.25, 0.3) is 5.91 Å². The van der Waals surface area contributed by atoms with Gasteiger partial charge in [0.2, 0.25) is 0 Å². The molecule has 1 aromatic rings. The molecule has 0 radical (unpaired) electrons. The van der Waals surface area contributed by atoms with Crippen LogP contribution in [0.15, 0.2) is 0 Å². The predicted octanol–water partition coefficient (Wildman–Crippen LogP) is 1.36. The Morgan fingerprint density at radius 2 is 2.33 bits per heavy atom. The summed E-state index contributed by atoms with van der Waals surface area (Å²) in [5.74, 6) is -0.653. The number of aryl methyl sites for hydroxylation is 1. The van der Waals surface area contributed by atoms with E-state index in [0.29, 0.717) is 22.3 Å². The molecule has 0 bridgehead atoms. The summed E-state index contributed by atoms with van der Waals surface area (Å²) in [4.78, 5) is 27.7. The summed E-state index contributed by atoms with van der Waals surface area (Å²) in [5, 5.41) is 3.06. The number of anilines is 1. The van der Waals surface area contributed by atoms with Crippen LogP contribution < -0.4 is 5.32 Å². The van der Waals surface area contributed by atoms with Crippen LogP contribution in [-0.2, 0) is 14.3 Å². The van der Waals surface area contributed by atoms with Crippen LogP contribution in [0.2, 0.25) is 0 Å². The molecule has 1 aromatic heterocycles. The number of aromatic nitrogens is 1. The number of amides is 1. The molecule has 98 valence electrons. The first-order chi connectivity index (χ1) is 8.61. The topological polar surface area (TPSA) is 77.5 Å². The van der Waals surface area contributed by atoms with Crippen molar-refractivity contribution in [3.05, 3.63) is 10.6 Å². The van der Waals surface area contributed by atoms with Crippen LogP contribution in [0.4, 0.5) is 5.13 Å². The van der Waals surface area contributed by atoms with Gasteiger partial charge in [-0.25, -0.2) is 9.78 Å². The zero-order chi connectivity index (χ0) is 13.1. The third-order valence-electron chi connectivity index (χ3n) is 2.62. The third-order valence-corrected chi connectivity index (χ3v) is 3.67. The van der Waals surface area contributed by atoms with Gasteiger partial charge in [-0.3, -0.25) is 10.1 Å². The van der Waals surface area contributed by atoms with Crippen molar-refractivity contribution in [2.45, 2.75) is 25.9 Å². The molecule has 1 atom stereocenters. The largest absolute Gasteiger partial charge is 0.465 e. The van der Waals surface area contributed by atoms with E-state index in [4.69, 9.17) is 4.74 Å². The van der Waals surface area contributed by atoms with E-state index in [1.165, 1.54) is 7.11 Å². The van der Waals surface area contributed by atoms with E-state index in [1.54, 1.807) is 6.92 Å². The van der Waals surface area contributed by atoms with Gasteiger partial charge in [-0.15, -0.1) is 0 Å². The van der Waals surface area contributed by atoms with Crippen molar-refractivity contribution in [3.63, 3.8) is 0 Å². The molecule has 18 heavy (non-hydrogen) atoms. The fourth-order valence-corrected chi connectivity index (χ4v) is 2.59. The summed E-state index contributed by atoms with van der Waals surface area (Å²) in [5.41, 5.74) is 0.550. The minimum absolute atomic E-state index is 0.210. The highest BCUT2D eigenvalue weighted by Crippen LogP contribution is 2.24. The van der Waals surface area contributed by atoms with Gasteiger partial charge < -0.3 is 9.47 Å². The molecule has 0 saturated carbocycles. The first kappa shape index (κ1) is 13.0. The number of nitrogens with one attached hydrogen (secondary N) is 1. The molecule has 1 N–H and O–H groups in total. The van der Waals surface area contributed by atoms with Crippen LogP contribution in [0.1, 0.15) is 28.2 Å². The molecule has 1 unspecified atom stereocenters. The molecular formula is C11H14N2O4S. The van der Waals surface area contributed by atoms with Gasteiger partial charge in [0.1, 0.15) is 11.0 Å². The lowest BCUT2D eigenvalue weighted by atomic mass is 10.2. The van der Waals surface area contributed by atoms with Crippen molar-refractivity contribution in [2.75, 3.05) is 19.0 Å². The number of rotatable bonds is 3. The van der Waals surface area contributed by atoms with Crippen molar-refractivity contribution < 1.29 is 19.1 Å². The van der Waals surface area contributed by atoms with Crippen LogP contribution in [0, 0.1) is 6.92 Å². The van der Waals surface area contributed by atoms with E-state index in [-0.39, 0.29) is 5.91 Å². The standard InChI is InChI=1S/C11H14N2O4S/c1-6-8(10(15)16-2)18-11(12-6)13-9(14)7-4-3-5-17-7/h7H,3-5H2,1-2H3,(H,12,13,14). The van der Waals surface area contributed by atoms with Crippen molar-refractivity contribution in [1.82, 2.24) is 4.98 Å². The maximum atomic E-state index is 11.8. The van der Waals surface area contributed by atoms with Crippen LogP contribution in [0.5, 0.6) is 0 Å². The summed E-state index contributed by atoms with van der Waals surface area (Å²) in [6.07, 6.45) is 1.21. The summed E-state index contributed by atoms with van der Waals surface area (Å²) < 4.78 is 9.90. The molecule has 1 saturated heterocycles. The molecule has 1 aliphatic rings. The number of esters is 1. The van der Waals surface area contributed by atoms with Gasteiger partial charge in [0, 0.05) is 6.61 Å². The quantitative estimate of drug-likeness (QED) is 0.839. The van der Waals surface area contributed by atoms with Gasteiger partial charge in [-0.05, 0) is 19.8 Å². The van der Waals surface area contributed by atoms with Crippen molar-refractivity contribution >= 4 is 28.3 Å². The van der Waals surface area contributed by atoms with Crippen molar-refractivity contribution in [3.8, 4) is 0 Å². The number of hydrogen-bond acceptors (Lipinski definition) is 6. The maximum Gasteiger partial charge on any atom is 0.350 e. The molecule has 2 rings (SSSR count). The lowest BCUT2D eigenvalue weighted by molar-refractivity contribution is -0.124. The maximum absolute atomic E-state index is 11.8. The van der Waals surface area contributed by atoms with Crippen molar-refractivity contribution in [2.24, 2.45) is 0 Å². The summed E-state index contributed by atoms with van der Waals surface area (Å²) in [6, 6.07) is 0. The Morgan fingerprint density at radius 3 is 2.94 bits per heavy atom. The third kappa shape index (κ3) is 2.68. The summed E-state index contributed by atoms with van der Waals surface area (Å²) in [7, 11) is 1.31. The zero-order valence-electron chi connectivity index (χ0n) is 10.2. The first-order valence-corrected chi connectivity index (χ1v) is 6.41. The Balaban J connectivity index is 2.05. The minimum atomic E-state index is -0.442. The molecular weight excluding hydrogens is 256 g/mol. The van der Waals surface area contributed by atoms with E-state index in [1.807, 2.05) is 0 Å². The predicted molar refractivity (Wildman–Crippen MR) is 65.8 cm³/mol. The lowest BCUT2D eigenvalue weighted by Crippen LogP contribution is -2.26. The zero-order valence-corrected chi connectivity index (χ0v) is 11.0. The number of thiazole rings is 1. The minimum Gasteiger partial charge on any atom is -0.465 e. The summed E-state index contributed by atoms with van der Waals surface area (Å²) >= 11 is 1.11. The van der Waals surface area contributed by atoms with Crippen LogP contribution in [0.3, 0.4) is 0 Å². The second-order valence-corrected chi connectivity index (χ2v) is 4.92. The molecule has 7 heteroatoms. The molecule has 1 aliphatic heterocycles. The van der Waals surface area contributed by atoms with Crippen LogP contribution in [-0.4, -0.2) is 36.7 Å². The SMILES string of the molecule is COC(=O)c1sc(NC(=O)C2CCCO2)nc1C. The normalized spacial score (nSPS) is 18.7. The lowest BCUT2D eigenvalue weighted by Gasteiger charge is -2.07. The Hall–Kier alpha value is -1.47. The number of carbonyl (C=O) groups is 2. The highest BCUT2D eigenvalue weighted by Gasteiger charge is 2.25. The van der Waals surface area contributed by atoms with Gasteiger partial charge >= 0.3 is 5.97 Å². The number of methoxy groups -OCH3 is 1. The average Bonchev–Trinajstić information content (AvgIpc) is 2.97. The Bertz CT molecular complexity index is 466. The Kier molecular flexibility index (Phi) is 3.93. The van der Waals surface area contributed by atoms with Gasteiger partial charge in [0.05, 0.1) is 12.8 Å². The molecule has 0 spiro atoms. The number of ether oxygens (including phenoxy) is 2. The van der Waals surface area contributed by atoms with Gasteiger partial charge in [0.15, 0.2) is 5.13 Å². The average molecular weight is 270 g/mol. The highest BCUT2D eigenvalue weighted by atomic mass is 32.1.